The number of piperazine rings is 1. The number of hydrogen-bond donors (Lipinski definition) is 0. The van der Waals surface area contributed by atoms with Gasteiger partial charge < -0.3 is 14.4 Å². The van der Waals surface area contributed by atoms with Crippen molar-refractivity contribution in [1.82, 2.24) is 14.1 Å². The molecule has 1 fully saturated rings. The van der Waals surface area contributed by atoms with Gasteiger partial charge in [0.05, 0.1) is 31.2 Å². The topological polar surface area (TPSA) is 96.5 Å². The van der Waals surface area contributed by atoms with Crippen LogP contribution in [-0.4, -0.2) is 101 Å². The van der Waals surface area contributed by atoms with E-state index < -0.39 is 21.8 Å². The van der Waals surface area contributed by atoms with Crippen LogP contribution in [0.1, 0.15) is 6.92 Å². The summed E-state index contributed by atoms with van der Waals surface area (Å²) < 4.78 is 50.0. The fourth-order valence-corrected chi connectivity index (χ4v) is 4.52. The molecule has 11 heteroatoms. The van der Waals surface area contributed by atoms with Crippen LogP contribution in [0.15, 0.2) is 29.2 Å². The fourth-order valence-electron chi connectivity index (χ4n) is 3.07. The third kappa shape index (κ3) is 6.73. The molecule has 30 heavy (non-hydrogen) atoms. The molecule has 1 amide bonds. The Bertz CT molecular complexity index is 827. The molecular weight excluding hydrogens is 417 g/mol. The van der Waals surface area contributed by atoms with Gasteiger partial charge in [-0.1, -0.05) is 6.07 Å². The molecule has 168 valence electrons. The van der Waals surface area contributed by atoms with Crippen molar-refractivity contribution >= 4 is 21.9 Å². The van der Waals surface area contributed by atoms with Crippen LogP contribution < -0.4 is 0 Å². The normalized spacial score (nSPS) is 15.4. The number of methoxy groups -OCH3 is 1. The second-order valence-corrected chi connectivity index (χ2v) is 8.69. The number of hydrogen-bond acceptors (Lipinski definition) is 7. The van der Waals surface area contributed by atoms with E-state index >= 15 is 0 Å². The van der Waals surface area contributed by atoms with Gasteiger partial charge in [0.1, 0.15) is 5.82 Å². The monoisotopic (exact) mass is 445 g/mol. The summed E-state index contributed by atoms with van der Waals surface area (Å²) in [6, 6.07) is 4.86. The number of esters is 1. The Morgan fingerprint density at radius 2 is 1.87 bits per heavy atom. The Morgan fingerprint density at radius 1 is 1.17 bits per heavy atom. The number of carbonyl (C=O) groups excluding carboxylic acids is 2. The van der Waals surface area contributed by atoms with E-state index in [4.69, 9.17) is 9.47 Å². The standard InChI is InChI=1S/C19H28FN3O6S/c1-3-29-19(25)15-21(11-12-28-2)14-18(24)22-7-9-23(10-8-22)30(26,27)17-6-4-5-16(20)13-17/h4-6,13H,3,7-12,14-15H2,1-2H3. The van der Waals surface area contributed by atoms with Crippen LogP contribution in [0, 0.1) is 5.82 Å². The molecule has 0 N–H and O–H groups in total. The van der Waals surface area contributed by atoms with E-state index in [0.717, 1.165) is 6.07 Å². The van der Waals surface area contributed by atoms with Crippen molar-refractivity contribution in [3.05, 3.63) is 30.1 Å². The molecule has 0 bridgehead atoms. The third-order valence-electron chi connectivity index (χ3n) is 4.65. The van der Waals surface area contributed by atoms with Crippen LogP contribution in [0.4, 0.5) is 4.39 Å². The summed E-state index contributed by atoms with van der Waals surface area (Å²) >= 11 is 0. The lowest BCUT2D eigenvalue weighted by atomic mass is 10.3. The zero-order chi connectivity index (χ0) is 22.1. The highest BCUT2D eigenvalue weighted by Crippen LogP contribution is 2.18. The number of rotatable bonds is 10. The molecular formula is C19H28FN3O6S. The quantitative estimate of drug-likeness (QED) is 0.474. The molecule has 0 unspecified atom stereocenters. The van der Waals surface area contributed by atoms with Gasteiger partial charge >= 0.3 is 5.97 Å². The number of amides is 1. The van der Waals surface area contributed by atoms with E-state index in [9.17, 15) is 22.4 Å². The van der Waals surface area contributed by atoms with Crippen LogP contribution in [0.5, 0.6) is 0 Å². The Kier molecular flexibility index (Phi) is 9.15. The van der Waals surface area contributed by atoms with Gasteiger partial charge in [-0.2, -0.15) is 4.31 Å². The molecule has 0 spiro atoms. The van der Waals surface area contributed by atoms with Crippen LogP contribution in [0.25, 0.3) is 0 Å². The van der Waals surface area contributed by atoms with E-state index in [1.165, 1.54) is 29.6 Å². The van der Waals surface area contributed by atoms with Gasteiger partial charge in [-0.3, -0.25) is 14.5 Å². The highest BCUT2D eigenvalue weighted by molar-refractivity contribution is 7.89. The largest absolute Gasteiger partial charge is 0.465 e. The Morgan fingerprint density at radius 3 is 2.47 bits per heavy atom. The molecule has 1 aliphatic rings. The molecule has 1 aromatic rings. The van der Waals surface area contributed by atoms with Crippen molar-refractivity contribution in [3.63, 3.8) is 0 Å². The number of nitrogens with zero attached hydrogens (tertiary/aromatic N) is 3. The Hall–Kier alpha value is -2.08. The van der Waals surface area contributed by atoms with Crippen LogP contribution >= 0.6 is 0 Å². The fraction of sp³-hybridized carbons (Fsp3) is 0.579. The summed E-state index contributed by atoms with van der Waals surface area (Å²) in [5, 5.41) is 0. The van der Waals surface area contributed by atoms with Crippen molar-refractivity contribution in [3.8, 4) is 0 Å². The summed E-state index contributed by atoms with van der Waals surface area (Å²) in [4.78, 5) is 27.5. The van der Waals surface area contributed by atoms with Crippen molar-refractivity contribution < 1.29 is 31.9 Å². The zero-order valence-electron chi connectivity index (χ0n) is 17.3. The molecule has 1 aromatic carbocycles. The number of carbonyl (C=O) groups is 2. The number of ether oxygens (including phenoxy) is 2. The number of halogens is 1. The molecule has 2 rings (SSSR count). The molecule has 9 nitrogen and oxygen atoms in total. The second-order valence-electron chi connectivity index (χ2n) is 6.75. The highest BCUT2D eigenvalue weighted by atomic mass is 32.2. The van der Waals surface area contributed by atoms with Gasteiger partial charge in [-0.15, -0.1) is 0 Å². The highest BCUT2D eigenvalue weighted by Gasteiger charge is 2.31. The lowest BCUT2D eigenvalue weighted by Gasteiger charge is -2.35. The summed E-state index contributed by atoms with van der Waals surface area (Å²) in [7, 11) is -2.29. The van der Waals surface area contributed by atoms with Gasteiger partial charge in [0.2, 0.25) is 15.9 Å². The summed E-state index contributed by atoms with van der Waals surface area (Å²) in [5.74, 6) is -1.26. The summed E-state index contributed by atoms with van der Waals surface area (Å²) in [5.41, 5.74) is 0. The first kappa shape index (κ1) is 24.2. The van der Waals surface area contributed by atoms with Crippen LogP contribution in [0.3, 0.4) is 0 Å². The Labute approximate surface area is 176 Å². The molecule has 0 radical (unpaired) electrons. The average molecular weight is 446 g/mol. The van der Waals surface area contributed by atoms with Crippen molar-refractivity contribution in [2.24, 2.45) is 0 Å². The van der Waals surface area contributed by atoms with Crippen molar-refractivity contribution in [2.75, 3.05) is 66.1 Å². The third-order valence-corrected chi connectivity index (χ3v) is 6.55. The van der Waals surface area contributed by atoms with E-state index in [1.807, 2.05) is 0 Å². The maximum Gasteiger partial charge on any atom is 0.320 e. The number of benzene rings is 1. The lowest BCUT2D eigenvalue weighted by Crippen LogP contribution is -2.53. The predicted molar refractivity (Wildman–Crippen MR) is 107 cm³/mol. The maximum atomic E-state index is 13.4. The van der Waals surface area contributed by atoms with E-state index in [0.29, 0.717) is 13.2 Å². The first-order valence-corrected chi connectivity index (χ1v) is 11.1. The molecule has 1 aliphatic heterocycles. The molecule has 1 saturated heterocycles. The molecule has 0 atom stereocenters. The lowest BCUT2D eigenvalue weighted by molar-refractivity contribution is -0.145. The minimum Gasteiger partial charge on any atom is -0.465 e. The average Bonchev–Trinajstić information content (AvgIpc) is 2.72. The minimum atomic E-state index is -3.82. The smallest absolute Gasteiger partial charge is 0.320 e. The van der Waals surface area contributed by atoms with E-state index in [2.05, 4.69) is 0 Å². The first-order valence-electron chi connectivity index (χ1n) is 9.68. The molecule has 0 saturated carbocycles. The second kappa shape index (κ2) is 11.3. The van der Waals surface area contributed by atoms with Gasteiger partial charge in [0.15, 0.2) is 0 Å². The van der Waals surface area contributed by atoms with Crippen LogP contribution in [-0.2, 0) is 29.1 Å². The predicted octanol–water partition coefficient (Wildman–Crippen LogP) is 0.170. The van der Waals surface area contributed by atoms with Gasteiger partial charge in [0, 0.05) is 39.8 Å². The van der Waals surface area contributed by atoms with Crippen LogP contribution in [0.2, 0.25) is 0 Å². The molecule has 1 heterocycles. The SMILES string of the molecule is CCOC(=O)CN(CCOC)CC(=O)N1CCN(S(=O)(=O)c2cccc(F)c2)CC1. The van der Waals surface area contributed by atoms with Crippen molar-refractivity contribution in [1.29, 1.82) is 0 Å². The zero-order valence-corrected chi connectivity index (χ0v) is 18.1. The summed E-state index contributed by atoms with van der Waals surface area (Å²) in [6.07, 6.45) is 0. The summed E-state index contributed by atoms with van der Waals surface area (Å²) in [6.45, 7) is 3.32. The Balaban J connectivity index is 1.94. The van der Waals surface area contributed by atoms with Gasteiger partial charge in [-0.25, -0.2) is 12.8 Å². The van der Waals surface area contributed by atoms with E-state index in [1.54, 1.807) is 16.7 Å². The van der Waals surface area contributed by atoms with E-state index in [-0.39, 0.29) is 56.7 Å². The van der Waals surface area contributed by atoms with Gasteiger partial charge in [0.25, 0.3) is 0 Å². The minimum absolute atomic E-state index is 0.00117. The first-order chi connectivity index (χ1) is 14.3. The van der Waals surface area contributed by atoms with Crippen molar-refractivity contribution in [2.45, 2.75) is 11.8 Å². The molecule has 0 aromatic heterocycles. The number of sulfonamides is 1. The molecule has 0 aliphatic carbocycles. The van der Waals surface area contributed by atoms with Gasteiger partial charge in [-0.05, 0) is 25.1 Å². The maximum absolute atomic E-state index is 13.4.